The molecule has 1 rings (SSSR count). The summed E-state index contributed by atoms with van der Waals surface area (Å²) in [6.07, 6.45) is 1.88. The molecule has 1 saturated heterocycles. The van der Waals surface area contributed by atoms with Crippen molar-refractivity contribution < 1.29 is 19.0 Å². The Kier molecular flexibility index (Phi) is 3.88. The smallest absolute Gasteiger partial charge is 0.302 e. The Labute approximate surface area is 90.2 Å². The molecule has 1 fully saturated rings. The summed E-state index contributed by atoms with van der Waals surface area (Å²) in [6, 6.07) is 0. The SMILES string of the molecule is CC(=O)OC/C(C)=C/C1COC(C)(C)O1. The highest BCUT2D eigenvalue weighted by Gasteiger charge is 2.31. The number of hydrogen-bond donors (Lipinski definition) is 0. The number of esters is 1. The number of carbonyl (C=O) groups excluding carboxylic acids is 1. The predicted octanol–water partition coefficient (Wildman–Crippen LogP) is 1.65. The van der Waals surface area contributed by atoms with Crippen LogP contribution in [-0.2, 0) is 19.0 Å². The van der Waals surface area contributed by atoms with E-state index in [9.17, 15) is 4.79 Å². The topological polar surface area (TPSA) is 44.8 Å². The molecule has 1 aliphatic rings. The van der Waals surface area contributed by atoms with Gasteiger partial charge in [-0.1, -0.05) is 6.08 Å². The van der Waals surface area contributed by atoms with Crippen LogP contribution in [0.2, 0.25) is 0 Å². The number of rotatable bonds is 3. The maximum atomic E-state index is 10.6. The molecule has 0 saturated carbocycles. The number of carbonyl (C=O) groups is 1. The molecule has 0 spiro atoms. The van der Waals surface area contributed by atoms with Gasteiger partial charge in [-0.15, -0.1) is 0 Å². The number of ether oxygens (including phenoxy) is 3. The highest BCUT2D eigenvalue weighted by molar-refractivity contribution is 5.66. The van der Waals surface area contributed by atoms with E-state index in [0.29, 0.717) is 13.2 Å². The molecule has 0 aromatic rings. The van der Waals surface area contributed by atoms with Gasteiger partial charge in [-0.25, -0.2) is 0 Å². The first kappa shape index (κ1) is 12.2. The molecule has 1 atom stereocenters. The summed E-state index contributed by atoms with van der Waals surface area (Å²) in [5, 5.41) is 0. The molecule has 86 valence electrons. The van der Waals surface area contributed by atoms with Gasteiger partial charge in [0.15, 0.2) is 5.79 Å². The van der Waals surface area contributed by atoms with E-state index in [1.54, 1.807) is 0 Å². The summed E-state index contributed by atoms with van der Waals surface area (Å²) in [6.45, 7) is 7.91. The zero-order valence-electron chi connectivity index (χ0n) is 9.70. The molecule has 1 aliphatic heterocycles. The van der Waals surface area contributed by atoms with E-state index >= 15 is 0 Å². The van der Waals surface area contributed by atoms with Crippen LogP contribution in [0.25, 0.3) is 0 Å². The van der Waals surface area contributed by atoms with Gasteiger partial charge in [-0.3, -0.25) is 4.79 Å². The van der Waals surface area contributed by atoms with E-state index < -0.39 is 5.79 Å². The summed E-state index contributed by atoms with van der Waals surface area (Å²) in [4.78, 5) is 10.6. The largest absolute Gasteiger partial charge is 0.461 e. The average Bonchev–Trinajstić information content (AvgIpc) is 2.42. The van der Waals surface area contributed by atoms with Crippen LogP contribution in [0.1, 0.15) is 27.7 Å². The second-order valence-electron chi connectivity index (χ2n) is 4.16. The van der Waals surface area contributed by atoms with E-state index in [1.807, 2.05) is 26.8 Å². The first-order chi connectivity index (χ1) is 6.89. The first-order valence-electron chi connectivity index (χ1n) is 5.01. The molecule has 0 amide bonds. The van der Waals surface area contributed by atoms with Crippen LogP contribution in [-0.4, -0.2) is 31.1 Å². The highest BCUT2D eigenvalue weighted by atomic mass is 16.7. The number of hydrogen-bond acceptors (Lipinski definition) is 4. The lowest BCUT2D eigenvalue weighted by atomic mass is 10.2. The fourth-order valence-electron chi connectivity index (χ4n) is 1.38. The minimum atomic E-state index is -0.511. The summed E-state index contributed by atoms with van der Waals surface area (Å²) in [5.41, 5.74) is 0.969. The molecule has 0 bridgehead atoms. The van der Waals surface area contributed by atoms with Crippen LogP contribution in [0.15, 0.2) is 11.6 Å². The quantitative estimate of drug-likeness (QED) is 0.529. The molecule has 0 aliphatic carbocycles. The van der Waals surface area contributed by atoms with Crippen LogP contribution >= 0.6 is 0 Å². The van der Waals surface area contributed by atoms with Crippen LogP contribution in [0.3, 0.4) is 0 Å². The minimum Gasteiger partial charge on any atom is -0.461 e. The van der Waals surface area contributed by atoms with Gasteiger partial charge in [0, 0.05) is 6.92 Å². The molecular weight excluding hydrogens is 196 g/mol. The van der Waals surface area contributed by atoms with Crippen molar-refractivity contribution in [2.45, 2.75) is 39.6 Å². The normalized spacial score (nSPS) is 25.3. The van der Waals surface area contributed by atoms with Gasteiger partial charge in [0.1, 0.15) is 12.7 Å². The second kappa shape index (κ2) is 4.77. The second-order valence-corrected chi connectivity index (χ2v) is 4.16. The van der Waals surface area contributed by atoms with Crippen LogP contribution in [0.4, 0.5) is 0 Å². The summed E-state index contributed by atoms with van der Waals surface area (Å²) >= 11 is 0. The minimum absolute atomic E-state index is 0.0458. The zero-order valence-corrected chi connectivity index (χ0v) is 9.70. The Morgan fingerprint density at radius 1 is 1.53 bits per heavy atom. The third kappa shape index (κ3) is 4.44. The van der Waals surface area contributed by atoms with Gasteiger partial charge in [0.05, 0.1) is 6.61 Å². The maximum absolute atomic E-state index is 10.6. The van der Waals surface area contributed by atoms with Crippen LogP contribution in [0, 0.1) is 0 Å². The van der Waals surface area contributed by atoms with Crippen molar-refractivity contribution in [1.29, 1.82) is 0 Å². The fraction of sp³-hybridized carbons (Fsp3) is 0.727. The fourth-order valence-corrected chi connectivity index (χ4v) is 1.38. The van der Waals surface area contributed by atoms with Gasteiger partial charge in [-0.2, -0.15) is 0 Å². The Morgan fingerprint density at radius 3 is 2.67 bits per heavy atom. The predicted molar refractivity (Wildman–Crippen MR) is 55.3 cm³/mol. The van der Waals surface area contributed by atoms with E-state index in [0.717, 1.165) is 5.57 Å². The maximum Gasteiger partial charge on any atom is 0.302 e. The van der Waals surface area contributed by atoms with Crippen molar-refractivity contribution in [1.82, 2.24) is 0 Å². The first-order valence-corrected chi connectivity index (χ1v) is 5.01. The van der Waals surface area contributed by atoms with Crippen molar-refractivity contribution in [3.63, 3.8) is 0 Å². The van der Waals surface area contributed by atoms with Gasteiger partial charge < -0.3 is 14.2 Å². The Balaban J connectivity index is 2.39. The lowest BCUT2D eigenvalue weighted by molar-refractivity contribution is -0.140. The molecule has 4 heteroatoms. The average molecular weight is 214 g/mol. The molecular formula is C11H18O4. The van der Waals surface area contributed by atoms with E-state index in [4.69, 9.17) is 14.2 Å². The summed E-state index contributed by atoms with van der Waals surface area (Å²) in [7, 11) is 0. The van der Waals surface area contributed by atoms with Crippen molar-refractivity contribution >= 4 is 5.97 Å². The van der Waals surface area contributed by atoms with E-state index in [2.05, 4.69) is 0 Å². The molecule has 15 heavy (non-hydrogen) atoms. The third-order valence-electron chi connectivity index (χ3n) is 2.00. The summed E-state index contributed by atoms with van der Waals surface area (Å²) < 4.78 is 15.9. The van der Waals surface area contributed by atoms with Gasteiger partial charge in [0.2, 0.25) is 0 Å². The van der Waals surface area contributed by atoms with E-state index in [-0.39, 0.29) is 12.1 Å². The highest BCUT2D eigenvalue weighted by Crippen LogP contribution is 2.23. The molecule has 0 radical (unpaired) electrons. The van der Waals surface area contributed by atoms with Crippen LogP contribution < -0.4 is 0 Å². The standard InChI is InChI=1S/C11H18O4/c1-8(6-13-9(2)12)5-10-7-14-11(3,4)15-10/h5,10H,6-7H2,1-4H3/b8-5+. The lowest BCUT2D eigenvalue weighted by Gasteiger charge is -2.16. The monoisotopic (exact) mass is 214 g/mol. The van der Waals surface area contributed by atoms with Crippen molar-refractivity contribution in [3.05, 3.63) is 11.6 Å². The van der Waals surface area contributed by atoms with E-state index in [1.165, 1.54) is 6.92 Å². The molecule has 0 aromatic heterocycles. The van der Waals surface area contributed by atoms with Crippen molar-refractivity contribution in [2.75, 3.05) is 13.2 Å². The van der Waals surface area contributed by atoms with Crippen molar-refractivity contribution in [3.8, 4) is 0 Å². The Morgan fingerprint density at radius 2 is 2.20 bits per heavy atom. The van der Waals surface area contributed by atoms with Gasteiger partial charge in [0.25, 0.3) is 0 Å². The molecule has 0 aromatic carbocycles. The molecule has 0 N–H and O–H groups in total. The van der Waals surface area contributed by atoms with Crippen molar-refractivity contribution in [2.24, 2.45) is 0 Å². The molecule has 4 nitrogen and oxygen atoms in total. The Hall–Kier alpha value is -0.870. The van der Waals surface area contributed by atoms with Gasteiger partial charge >= 0.3 is 5.97 Å². The lowest BCUT2D eigenvalue weighted by Crippen LogP contribution is -2.21. The molecule has 1 heterocycles. The van der Waals surface area contributed by atoms with Crippen LogP contribution in [0.5, 0.6) is 0 Å². The molecule has 1 unspecified atom stereocenters. The summed E-state index contributed by atoms with van der Waals surface area (Å²) in [5.74, 6) is -0.783. The zero-order chi connectivity index (χ0) is 11.5. The Bertz CT molecular complexity index is 268. The third-order valence-corrected chi connectivity index (χ3v) is 2.00. The van der Waals surface area contributed by atoms with Gasteiger partial charge in [-0.05, 0) is 26.3 Å².